The number of halogens is 2. The molecular weight excluding hydrogens is 425 g/mol. The van der Waals surface area contributed by atoms with Crippen LogP contribution in [0.25, 0.3) is 0 Å². The molecule has 2 aromatic carbocycles. The zero-order valence-electron chi connectivity index (χ0n) is 18.3. The third kappa shape index (κ3) is 11.6. The maximum Gasteiger partial charge on any atom is 0.255 e. The molecular formula is C23H33ClFNO3S. The van der Waals surface area contributed by atoms with Gasteiger partial charge in [0.2, 0.25) is 0 Å². The van der Waals surface area contributed by atoms with Crippen molar-refractivity contribution < 1.29 is 18.8 Å². The molecule has 0 saturated carbocycles. The molecule has 3 N–H and O–H groups in total. The van der Waals surface area contributed by atoms with E-state index in [4.69, 9.17) is 21.3 Å². The summed E-state index contributed by atoms with van der Waals surface area (Å²) in [6.45, 7) is 10.3. The quantitative estimate of drug-likeness (QED) is 0.394. The number of nitrogens with one attached hydrogen (secondary N) is 1. The molecule has 30 heavy (non-hydrogen) atoms. The van der Waals surface area contributed by atoms with Crippen molar-refractivity contribution in [2.75, 3.05) is 11.9 Å². The van der Waals surface area contributed by atoms with Crippen LogP contribution in [0.15, 0.2) is 41.3 Å². The van der Waals surface area contributed by atoms with Crippen LogP contribution in [0.1, 0.15) is 62.9 Å². The molecule has 0 aliphatic rings. The molecule has 0 fully saturated rings. The second-order valence-electron chi connectivity index (χ2n) is 7.01. The molecule has 0 aliphatic heterocycles. The standard InChI is InChI=1S/C14H11ClFNO2S.C7H16.C2H6O/c1-8-6-10(3-5-12(8)16)17-14(18)9-2-4-11(15)13(7-9)20-19;1-4-5-6-7(2)3;1-2-3/h2-7,19H,1H3,(H,17,18);7H,4-6H2,1-3H3;3H,2H2,1H3. The predicted octanol–water partition coefficient (Wildman–Crippen LogP) is 7.44. The minimum atomic E-state index is -0.358. The van der Waals surface area contributed by atoms with Crippen molar-refractivity contribution in [1.82, 2.24) is 0 Å². The van der Waals surface area contributed by atoms with E-state index in [1.165, 1.54) is 43.5 Å². The van der Waals surface area contributed by atoms with Gasteiger partial charge in [-0.2, -0.15) is 0 Å². The van der Waals surface area contributed by atoms with E-state index in [2.05, 4.69) is 26.1 Å². The van der Waals surface area contributed by atoms with Crippen molar-refractivity contribution in [2.24, 2.45) is 5.92 Å². The molecule has 0 saturated heterocycles. The fourth-order valence-corrected chi connectivity index (χ4v) is 2.81. The molecule has 0 bridgehead atoms. The summed E-state index contributed by atoms with van der Waals surface area (Å²) in [6, 6.07) is 8.89. The van der Waals surface area contributed by atoms with Crippen molar-refractivity contribution in [3.63, 3.8) is 0 Å². The number of aliphatic hydroxyl groups is 1. The van der Waals surface area contributed by atoms with Gasteiger partial charge in [-0.25, -0.2) is 4.39 Å². The summed E-state index contributed by atoms with van der Waals surface area (Å²) >= 11 is 6.32. The summed E-state index contributed by atoms with van der Waals surface area (Å²) < 4.78 is 22.2. The van der Waals surface area contributed by atoms with Crippen LogP contribution in [0.2, 0.25) is 5.02 Å². The summed E-state index contributed by atoms with van der Waals surface area (Å²) in [5, 5.41) is 10.6. The van der Waals surface area contributed by atoms with E-state index in [1.54, 1.807) is 26.0 Å². The number of rotatable bonds is 6. The monoisotopic (exact) mass is 457 g/mol. The third-order valence-electron chi connectivity index (χ3n) is 3.84. The highest BCUT2D eigenvalue weighted by Crippen LogP contribution is 2.26. The molecule has 0 aliphatic carbocycles. The van der Waals surface area contributed by atoms with E-state index < -0.39 is 0 Å². The molecule has 0 aromatic heterocycles. The lowest BCUT2D eigenvalue weighted by atomic mass is 10.1. The van der Waals surface area contributed by atoms with Crippen LogP contribution < -0.4 is 5.32 Å². The first-order valence-electron chi connectivity index (χ1n) is 9.99. The fourth-order valence-electron chi connectivity index (χ4n) is 2.25. The Kier molecular flexibility index (Phi) is 15.3. The first-order chi connectivity index (χ1) is 14.2. The lowest BCUT2D eigenvalue weighted by Gasteiger charge is -2.08. The van der Waals surface area contributed by atoms with Crippen molar-refractivity contribution in [1.29, 1.82) is 0 Å². The van der Waals surface area contributed by atoms with E-state index >= 15 is 0 Å². The smallest absolute Gasteiger partial charge is 0.255 e. The number of carbonyl (C=O) groups excluding carboxylic acids is 1. The zero-order valence-corrected chi connectivity index (χ0v) is 19.9. The number of hydrogen-bond donors (Lipinski definition) is 3. The van der Waals surface area contributed by atoms with Crippen LogP contribution in [0, 0.1) is 18.7 Å². The Hall–Kier alpha value is -1.60. The zero-order chi connectivity index (χ0) is 23.1. The van der Waals surface area contributed by atoms with Crippen molar-refractivity contribution >= 4 is 35.2 Å². The minimum Gasteiger partial charge on any atom is -0.397 e. The minimum absolute atomic E-state index is 0.250. The Labute approximate surface area is 189 Å². The van der Waals surface area contributed by atoms with Crippen molar-refractivity contribution in [3.05, 3.63) is 58.4 Å². The average molecular weight is 458 g/mol. The first-order valence-corrected chi connectivity index (χ1v) is 11.1. The molecule has 168 valence electrons. The van der Waals surface area contributed by atoms with E-state index in [9.17, 15) is 9.18 Å². The fraction of sp³-hybridized carbons (Fsp3) is 0.435. The summed E-state index contributed by atoms with van der Waals surface area (Å²) in [5.41, 5.74) is 1.31. The van der Waals surface area contributed by atoms with Gasteiger partial charge in [0, 0.05) is 29.9 Å². The molecule has 0 unspecified atom stereocenters. The molecule has 0 atom stereocenters. The maximum atomic E-state index is 13.1. The van der Waals surface area contributed by atoms with E-state index in [0.29, 0.717) is 38.8 Å². The summed E-state index contributed by atoms with van der Waals surface area (Å²) in [4.78, 5) is 12.4. The average Bonchev–Trinajstić information content (AvgIpc) is 2.70. The Morgan fingerprint density at radius 1 is 1.20 bits per heavy atom. The van der Waals surface area contributed by atoms with Gasteiger partial charge in [-0.15, -0.1) is 0 Å². The van der Waals surface area contributed by atoms with Gasteiger partial charge < -0.3 is 15.0 Å². The van der Waals surface area contributed by atoms with E-state index in [-0.39, 0.29) is 18.3 Å². The highest BCUT2D eigenvalue weighted by molar-refractivity contribution is 7.93. The van der Waals surface area contributed by atoms with Gasteiger partial charge in [0.1, 0.15) is 5.82 Å². The number of aliphatic hydroxyl groups excluding tert-OH is 1. The second-order valence-corrected chi connectivity index (χ2v) is 8.04. The number of unbranched alkanes of at least 4 members (excludes halogenated alkanes) is 1. The Morgan fingerprint density at radius 3 is 2.30 bits per heavy atom. The number of anilines is 1. The molecule has 4 nitrogen and oxygen atoms in total. The lowest BCUT2D eigenvalue weighted by Crippen LogP contribution is -2.12. The second kappa shape index (κ2) is 16.1. The highest BCUT2D eigenvalue weighted by atomic mass is 35.5. The van der Waals surface area contributed by atoms with E-state index in [1.807, 2.05) is 0 Å². The molecule has 0 radical (unpaired) electrons. The maximum absolute atomic E-state index is 13.1. The van der Waals surface area contributed by atoms with Crippen LogP contribution in [0.3, 0.4) is 0 Å². The molecule has 0 spiro atoms. The third-order valence-corrected chi connectivity index (χ3v) is 4.82. The summed E-state index contributed by atoms with van der Waals surface area (Å²) in [5.74, 6) is 0.219. The van der Waals surface area contributed by atoms with Crippen molar-refractivity contribution in [3.8, 4) is 0 Å². The van der Waals surface area contributed by atoms with Gasteiger partial charge in [-0.05, 0) is 61.7 Å². The van der Waals surface area contributed by atoms with Gasteiger partial charge in [0.05, 0.1) is 9.92 Å². The van der Waals surface area contributed by atoms with Crippen molar-refractivity contribution in [2.45, 2.75) is 58.8 Å². The van der Waals surface area contributed by atoms with Crippen LogP contribution in [0.4, 0.5) is 10.1 Å². The van der Waals surface area contributed by atoms with Gasteiger partial charge in [0.15, 0.2) is 0 Å². The predicted molar refractivity (Wildman–Crippen MR) is 126 cm³/mol. The van der Waals surface area contributed by atoms with Crippen LogP contribution in [0.5, 0.6) is 0 Å². The van der Waals surface area contributed by atoms with Gasteiger partial charge in [0.25, 0.3) is 5.91 Å². The van der Waals surface area contributed by atoms with Gasteiger partial charge in [-0.3, -0.25) is 4.79 Å². The summed E-state index contributed by atoms with van der Waals surface area (Å²) in [7, 11) is 0. The Bertz CT molecular complexity index is 772. The lowest BCUT2D eigenvalue weighted by molar-refractivity contribution is 0.102. The molecule has 2 rings (SSSR count). The Balaban J connectivity index is 0.000000706. The SMILES string of the molecule is CCCCC(C)C.CCO.Cc1cc(NC(=O)c2ccc(Cl)c(SO)c2)ccc1F. The van der Waals surface area contributed by atoms with Gasteiger partial charge >= 0.3 is 0 Å². The molecule has 1 amide bonds. The van der Waals surface area contributed by atoms with Crippen LogP contribution >= 0.6 is 23.6 Å². The number of carbonyl (C=O) groups is 1. The number of amides is 1. The number of hydrogen-bond acceptors (Lipinski definition) is 4. The normalized spacial score (nSPS) is 9.93. The highest BCUT2D eigenvalue weighted by Gasteiger charge is 2.10. The van der Waals surface area contributed by atoms with Gasteiger partial charge in [-0.1, -0.05) is 51.6 Å². The number of benzene rings is 2. The number of aryl methyl sites for hydroxylation is 1. The summed E-state index contributed by atoms with van der Waals surface area (Å²) in [6.07, 6.45) is 4.15. The topological polar surface area (TPSA) is 69.6 Å². The van der Waals surface area contributed by atoms with Crippen LogP contribution in [-0.4, -0.2) is 22.2 Å². The largest absolute Gasteiger partial charge is 0.397 e. The first kappa shape index (κ1) is 28.4. The molecule has 0 heterocycles. The molecule has 2 aromatic rings. The molecule has 7 heteroatoms. The van der Waals surface area contributed by atoms with Crippen LogP contribution in [-0.2, 0) is 0 Å². The Morgan fingerprint density at radius 2 is 1.83 bits per heavy atom. The van der Waals surface area contributed by atoms with E-state index in [0.717, 1.165) is 5.92 Å².